The zero-order chi connectivity index (χ0) is 16.8. The molecule has 22 heavy (non-hydrogen) atoms. The van der Waals surface area contributed by atoms with Crippen molar-refractivity contribution in [1.82, 2.24) is 10.6 Å². The zero-order valence-electron chi connectivity index (χ0n) is 13.4. The van der Waals surface area contributed by atoms with Gasteiger partial charge in [-0.25, -0.2) is 13.6 Å². The third-order valence-corrected chi connectivity index (χ3v) is 3.78. The van der Waals surface area contributed by atoms with Crippen molar-refractivity contribution in [3.63, 3.8) is 0 Å². The van der Waals surface area contributed by atoms with Gasteiger partial charge in [0.25, 0.3) is 5.92 Å². The molecule has 0 saturated heterocycles. The summed E-state index contributed by atoms with van der Waals surface area (Å²) in [5, 5.41) is 6.88. The van der Waals surface area contributed by atoms with Gasteiger partial charge >= 0.3 is 6.09 Å². The lowest BCUT2D eigenvalue weighted by Gasteiger charge is -2.23. The third kappa shape index (κ3) is 7.17. The monoisotopic (exact) mass is 334 g/mol. The molecule has 4 nitrogen and oxygen atoms in total. The van der Waals surface area contributed by atoms with Gasteiger partial charge in [0, 0.05) is 10.9 Å². The maximum Gasteiger partial charge on any atom is 0.407 e. The first-order valence-corrected chi connectivity index (χ1v) is 8.12. The van der Waals surface area contributed by atoms with E-state index in [0.717, 1.165) is 11.3 Å². The van der Waals surface area contributed by atoms with E-state index in [1.54, 1.807) is 20.8 Å². The molecule has 0 spiro atoms. The van der Waals surface area contributed by atoms with Gasteiger partial charge in [-0.15, -0.1) is 11.3 Å². The van der Waals surface area contributed by atoms with Crippen LogP contribution >= 0.6 is 11.3 Å². The predicted octanol–water partition coefficient (Wildman–Crippen LogP) is 3.95. The summed E-state index contributed by atoms with van der Waals surface area (Å²) in [6.45, 7) is 5.72. The molecule has 0 aromatic carbocycles. The first-order valence-electron chi connectivity index (χ1n) is 7.24. The molecule has 0 aliphatic heterocycles. The van der Waals surface area contributed by atoms with E-state index in [9.17, 15) is 13.6 Å². The van der Waals surface area contributed by atoms with Gasteiger partial charge in [-0.05, 0) is 38.6 Å². The molecule has 1 atom stereocenters. The smallest absolute Gasteiger partial charge is 0.407 e. The maximum absolute atomic E-state index is 13.8. The van der Waals surface area contributed by atoms with Crippen molar-refractivity contribution in [1.29, 1.82) is 0 Å². The van der Waals surface area contributed by atoms with Crippen LogP contribution in [0.4, 0.5) is 13.6 Å². The first-order chi connectivity index (χ1) is 10.1. The lowest BCUT2D eigenvalue weighted by molar-refractivity contribution is -0.00564. The second-order valence-corrected chi connectivity index (χ2v) is 7.05. The second-order valence-electron chi connectivity index (χ2n) is 6.07. The van der Waals surface area contributed by atoms with Crippen LogP contribution in [0.5, 0.6) is 0 Å². The molecule has 1 unspecified atom stereocenters. The fraction of sp³-hybridized carbons (Fsp3) is 0.667. The summed E-state index contributed by atoms with van der Waals surface area (Å²) in [6.07, 6.45) is -0.117. The number of carbonyl (C=O) groups is 1. The summed E-state index contributed by atoms with van der Waals surface area (Å²) in [6, 6.07) is 3.71. The molecule has 1 aromatic heterocycles. The van der Waals surface area contributed by atoms with Crippen molar-refractivity contribution < 1.29 is 18.3 Å². The molecule has 0 fully saturated rings. The maximum atomic E-state index is 13.8. The molecular weight excluding hydrogens is 310 g/mol. The van der Waals surface area contributed by atoms with E-state index in [0.29, 0.717) is 0 Å². The minimum atomic E-state index is -3.04. The van der Waals surface area contributed by atoms with Gasteiger partial charge in [0.15, 0.2) is 0 Å². The van der Waals surface area contributed by atoms with Gasteiger partial charge in [-0.3, -0.25) is 0 Å². The Hall–Kier alpha value is -1.21. The standard InChI is InChI=1S/C15H24F2N2O2S/c1-5-11(12-7-6-8-22-12)18-9-15(16,17)10-19-13(20)21-14(2,3)4/h6-8,11,18H,5,9-10H2,1-4H3,(H,19,20). The number of carbonyl (C=O) groups excluding carboxylic acids is 1. The molecule has 0 aliphatic carbocycles. The predicted molar refractivity (Wildman–Crippen MR) is 84.5 cm³/mol. The van der Waals surface area contributed by atoms with Crippen LogP contribution in [-0.2, 0) is 4.74 Å². The Labute approximate surface area is 134 Å². The highest BCUT2D eigenvalue weighted by molar-refractivity contribution is 7.10. The van der Waals surface area contributed by atoms with Crippen LogP contribution in [0, 0.1) is 0 Å². The van der Waals surface area contributed by atoms with E-state index in [-0.39, 0.29) is 6.04 Å². The SMILES string of the molecule is CCC(NCC(F)(F)CNC(=O)OC(C)(C)C)c1cccs1. The Morgan fingerprint density at radius 1 is 1.36 bits per heavy atom. The summed E-state index contributed by atoms with van der Waals surface area (Å²) in [4.78, 5) is 12.4. The molecule has 1 amide bonds. The molecule has 0 aliphatic rings. The van der Waals surface area contributed by atoms with Gasteiger partial charge in [0.1, 0.15) is 5.60 Å². The Morgan fingerprint density at radius 3 is 2.55 bits per heavy atom. The molecule has 0 saturated carbocycles. The Morgan fingerprint density at radius 2 is 2.05 bits per heavy atom. The molecule has 0 radical (unpaired) electrons. The number of alkyl carbamates (subject to hydrolysis) is 1. The molecule has 2 N–H and O–H groups in total. The van der Waals surface area contributed by atoms with Crippen LogP contribution in [0.2, 0.25) is 0 Å². The van der Waals surface area contributed by atoms with Gasteiger partial charge < -0.3 is 15.4 Å². The number of rotatable bonds is 7. The van der Waals surface area contributed by atoms with Crippen molar-refractivity contribution in [2.24, 2.45) is 0 Å². The summed E-state index contributed by atoms with van der Waals surface area (Å²) in [5.41, 5.74) is -0.704. The van der Waals surface area contributed by atoms with Crippen LogP contribution < -0.4 is 10.6 Å². The number of ether oxygens (including phenoxy) is 1. The van der Waals surface area contributed by atoms with E-state index in [2.05, 4.69) is 10.6 Å². The fourth-order valence-electron chi connectivity index (χ4n) is 1.79. The topological polar surface area (TPSA) is 50.4 Å². The number of amides is 1. The van der Waals surface area contributed by atoms with Crippen molar-refractivity contribution in [2.75, 3.05) is 13.1 Å². The van der Waals surface area contributed by atoms with Crippen LogP contribution in [-0.4, -0.2) is 30.7 Å². The summed E-state index contributed by atoms with van der Waals surface area (Å²) < 4.78 is 32.6. The number of hydrogen-bond acceptors (Lipinski definition) is 4. The summed E-state index contributed by atoms with van der Waals surface area (Å²) in [7, 11) is 0. The van der Waals surface area contributed by atoms with E-state index in [1.165, 1.54) is 11.3 Å². The summed E-state index contributed by atoms with van der Waals surface area (Å²) >= 11 is 1.53. The van der Waals surface area contributed by atoms with Crippen molar-refractivity contribution in [2.45, 2.75) is 51.7 Å². The quantitative estimate of drug-likeness (QED) is 0.794. The lowest BCUT2D eigenvalue weighted by Crippen LogP contribution is -2.45. The molecular formula is C15H24F2N2O2S. The van der Waals surface area contributed by atoms with Crippen LogP contribution in [0.1, 0.15) is 45.0 Å². The second kappa shape index (κ2) is 7.87. The Kier molecular flexibility index (Phi) is 6.74. The number of hydrogen-bond donors (Lipinski definition) is 2. The normalized spacial score (nSPS) is 13.7. The van der Waals surface area contributed by atoms with Crippen LogP contribution in [0.25, 0.3) is 0 Å². The fourth-order valence-corrected chi connectivity index (χ4v) is 2.67. The van der Waals surface area contributed by atoms with Gasteiger partial charge in [-0.2, -0.15) is 0 Å². The molecule has 126 valence electrons. The third-order valence-electron chi connectivity index (χ3n) is 2.79. The molecule has 1 aromatic rings. The molecule has 1 rings (SSSR count). The average Bonchev–Trinajstić information content (AvgIpc) is 2.89. The van der Waals surface area contributed by atoms with E-state index >= 15 is 0 Å². The zero-order valence-corrected chi connectivity index (χ0v) is 14.2. The van der Waals surface area contributed by atoms with Crippen molar-refractivity contribution >= 4 is 17.4 Å². The number of nitrogens with one attached hydrogen (secondary N) is 2. The highest BCUT2D eigenvalue weighted by Gasteiger charge is 2.31. The summed E-state index contributed by atoms with van der Waals surface area (Å²) in [5.74, 6) is -3.04. The highest BCUT2D eigenvalue weighted by atomic mass is 32.1. The number of halogens is 2. The minimum absolute atomic E-state index is 0.104. The Bertz CT molecular complexity index is 459. The molecule has 1 heterocycles. The van der Waals surface area contributed by atoms with Gasteiger partial charge in [0.05, 0.1) is 13.1 Å². The van der Waals surface area contributed by atoms with Crippen molar-refractivity contribution in [3.8, 4) is 0 Å². The van der Waals surface area contributed by atoms with Crippen LogP contribution in [0.15, 0.2) is 17.5 Å². The lowest BCUT2D eigenvalue weighted by atomic mass is 10.2. The van der Waals surface area contributed by atoms with E-state index in [4.69, 9.17) is 4.74 Å². The van der Waals surface area contributed by atoms with Gasteiger partial charge in [-0.1, -0.05) is 13.0 Å². The first kappa shape index (κ1) is 18.8. The highest BCUT2D eigenvalue weighted by Crippen LogP contribution is 2.23. The number of thiophene rings is 1. The van der Waals surface area contributed by atoms with Crippen LogP contribution in [0.3, 0.4) is 0 Å². The van der Waals surface area contributed by atoms with E-state index in [1.807, 2.05) is 24.4 Å². The Balaban J connectivity index is 2.41. The number of alkyl halides is 2. The van der Waals surface area contributed by atoms with Gasteiger partial charge in [0.2, 0.25) is 0 Å². The molecule has 7 heteroatoms. The van der Waals surface area contributed by atoms with Crippen molar-refractivity contribution in [3.05, 3.63) is 22.4 Å². The largest absolute Gasteiger partial charge is 0.444 e. The minimum Gasteiger partial charge on any atom is -0.444 e. The molecule has 0 bridgehead atoms. The van der Waals surface area contributed by atoms with E-state index < -0.39 is 30.7 Å². The average molecular weight is 334 g/mol.